The van der Waals surface area contributed by atoms with Crippen molar-refractivity contribution >= 4 is 8.53 Å². The SMILES string of the molecule is [2H]C[C@]12O[C@@H](C)[C@H](OC1(C)C)[C@@H]2OP(OCC[N+]#[C-])N(C(C)C)C(C)C. The van der Waals surface area contributed by atoms with Gasteiger partial charge in [-0.3, -0.25) is 0 Å². The minimum Gasteiger partial charge on any atom is -0.364 e. The molecule has 0 aromatic carbocycles. The lowest BCUT2D eigenvalue weighted by Gasteiger charge is -2.41. The summed E-state index contributed by atoms with van der Waals surface area (Å²) in [6, 6.07) is 0.458. The summed E-state index contributed by atoms with van der Waals surface area (Å²) in [5, 5.41) is 0. The second-order valence-corrected chi connectivity index (χ2v) is 9.26. The van der Waals surface area contributed by atoms with Gasteiger partial charge in [0.2, 0.25) is 6.54 Å². The second kappa shape index (κ2) is 7.76. The third-order valence-corrected chi connectivity index (χ3v) is 7.03. The van der Waals surface area contributed by atoms with Gasteiger partial charge in [-0.05, 0) is 55.4 Å². The van der Waals surface area contributed by atoms with Crippen LogP contribution in [-0.4, -0.2) is 59.4 Å². The van der Waals surface area contributed by atoms with E-state index in [9.17, 15) is 0 Å². The van der Waals surface area contributed by atoms with Crippen molar-refractivity contribution in [2.24, 2.45) is 0 Å². The lowest BCUT2D eigenvalue weighted by Crippen LogP contribution is -2.52. The Morgan fingerprint density at radius 3 is 2.44 bits per heavy atom. The molecule has 25 heavy (non-hydrogen) atoms. The van der Waals surface area contributed by atoms with Crippen molar-refractivity contribution in [3.8, 4) is 0 Å². The van der Waals surface area contributed by atoms with E-state index >= 15 is 0 Å². The predicted octanol–water partition coefficient (Wildman–Crippen LogP) is 4.01. The number of ether oxygens (including phenoxy) is 2. The molecule has 0 N–H and O–H groups in total. The standard InChI is InChI=1S/C18H33N2O4P/c1-12(2)20(13(3)4)25(21-11-10-19-9)24-16-15-14(5)22-18(16,8)17(6,7)23-15/h12-16H,10-11H2,1-8H3/t14-,15-,16-,18+,25?/m0/s1/i8D. The molecule has 2 fully saturated rings. The third kappa shape index (κ3) is 3.88. The largest absolute Gasteiger partial charge is 0.364 e. The van der Waals surface area contributed by atoms with E-state index in [1.807, 2.05) is 20.8 Å². The van der Waals surface area contributed by atoms with Gasteiger partial charge in [-0.25, -0.2) is 11.2 Å². The van der Waals surface area contributed by atoms with Crippen LogP contribution in [0, 0.1) is 6.57 Å². The Labute approximate surface area is 155 Å². The van der Waals surface area contributed by atoms with Crippen molar-refractivity contribution in [1.82, 2.24) is 4.67 Å². The maximum Gasteiger partial charge on any atom is 0.259 e. The molecule has 2 rings (SSSR count). The van der Waals surface area contributed by atoms with Gasteiger partial charge < -0.3 is 23.4 Å². The van der Waals surface area contributed by atoms with Gasteiger partial charge >= 0.3 is 0 Å². The van der Waals surface area contributed by atoms with Crippen LogP contribution in [-0.2, 0) is 18.5 Å². The molecule has 0 aromatic heterocycles. The van der Waals surface area contributed by atoms with Gasteiger partial charge in [-0.1, -0.05) is 0 Å². The van der Waals surface area contributed by atoms with Crippen LogP contribution in [0.5, 0.6) is 0 Å². The molecule has 0 spiro atoms. The molecule has 1 unspecified atom stereocenters. The number of nitrogens with zero attached hydrogens (tertiary/aromatic N) is 2. The quantitative estimate of drug-likeness (QED) is 0.365. The van der Waals surface area contributed by atoms with Crippen LogP contribution in [0.2, 0.25) is 0 Å². The van der Waals surface area contributed by atoms with E-state index in [2.05, 4.69) is 37.2 Å². The smallest absolute Gasteiger partial charge is 0.259 e. The van der Waals surface area contributed by atoms with Crippen LogP contribution < -0.4 is 0 Å². The van der Waals surface area contributed by atoms with Gasteiger partial charge in [-0.15, -0.1) is 0 Å². The fraction of sp³-hybridized carbons (Fsp3) is 0.944. The van der Waals surface area contributed by atoms with Gasteiger partial charge in [0.25, 0.3) is 8.53 Å². The van der Waals surface area contributed by atoms with Gasteiger partial charge in [-0.2, -0.15) is 0 Å². The van der Waals surface area contributed by atoms with E-state index in [1.54, 1.807) is 0 Å². The summed E-state index contributed by atoms with van der Waals surface area (Å²) in [7, 11) is -1.39. The molecular weight excluding hydrogens is 339 g/mol. The first-order valence-electron chi connectivity index (χ1n) is 9.68. The molecule has 0 radical (unpaired) electrons. The molecule has 144 valence electrons. The van der Waals surface area contributed by atoms with Crippen LogP contribution in [0.1, 0.15) is 56.7 Å². The van der Waals surface area contributed by atoms with E-state index in [0.29, 0.717) is 13.2 Å². The zero-order valence-electron chi connectivity index (χ0n) is 17.5. The maximum atomic E-state index is 8.17. The lowest BCUT2D eigenvalue weighted by atomic mass is 9.86. The predicted molar refractivity (Wildman–Crippen MR) is 99.2 cm³/mol. The molecule has 0 aromatic rings. The Morgan fingerprint density at radius 2 is 1.92 bits per heavy atom. The lowest BCUT2D eigenvalue weighted by molar-refractivity contribution is -0.215. The topological polar surface area (TPSA) is 44.5 Å². The van der Waals surface area contributed by atoms with Gasteiger partial charge in [0.1, 0.15) is 24.4 Å². The van der Waals surface area contributed by atoms with E-state index in [-0.39, 0.29) is 37.3 Å². The van der Waals surface area contributed by atoms with Crippen molar-refractivity contribution in [2.75, 3.05) is 13.2 Å². The Morgan fingerprint density at radius 1 is 1.28 bits per heavy atom. The average molecular weight is 373 g/mol. The summed E-state index contributed by atoms with van der Waals surface area (Å²) in [4.78, 5) is 3.38. The zero-order valence-corrected chi connectivity index (χ0v) is 17.4. The highest BCUT2D eigenvalue weighted by Crippen LogP contribution is 2.57. The molecular formula is C18H33N2O4P. The molecule has 0 aliphatic carbocycles. The third-order valence-electron chi connectivity index (χ3n) is 4.92. The Balaban J connectivity index is 2.28. The summed E-state index contributed by atoms with van der Waals surface area (Å²) in [6.45, 7) is 22.0. The first-order valence-corrected chi connectivity index (χ1v) is 10.1. The van der Waals surface area contributed by atoms with E-state index in [4.69, 9.17) is 26.5 Å². The fourth-order valence-corrected chi connectivity index (χ4v) is 5.37. The van der Waals surface area contributed by atoms with Crippen LogP contribution in [0.15, 0.2) is 0 Å². The molecule has 2 saturated heterocycles. The van der Waals surface area contributed by atoms with E-state index in [1.165, 1.54) is 0 Å². The molecule has 2 heterocycles. The number of rotatable bonds is 8. The molecule has 2 aliphatic heterocycles. The van der Waals surface area contributed by atoms with Gasteiger partial charge in [0.15, 0.2) is 0 Å². The Hall–Kier alpha value is -0.280. The minimum atomic E-state index is -1.39. The van der Waals surface area contributed by atoms with Crippen molar-refractivity contribution in [3.63, 3.8) is 0 Å². The van der Waals surface area contributed by atoms with Crippen molar-refractivity contribution in [2.45, 2.75) is 97.0 Å². The van der Waals surface area contributed by atoms with Gasteiger partial charge in [0, 0.05) is 13.5 Å². The van der Waals surface area contributed by atoms with Crippen molar-refractivity contribution in [3.05, 3.63) is 11.4 Å². The summed E-state index contributed by atoms with van der Waals surface area (Å²) in [5.74, 6) is 0. The van der Waals surface area contributed by atoms with E-state index < -0.39 is 19.7 Å². The number of hydrogen-bond donors (Lipinski definition) is 0. The van der Waals surface area contributed by atoms with Crippen molar-refractivity contribution < 1.29 is 19.9 Å². The van der Waals surface area contributed by atoms with Crippen LogP contribution in [0.25, 0.3) is 4.85 Å². The highest BCUT2D eigenvalue weighted by Gasteiger charge is 2.68. The number of hydrogen-bond acceptors (Lipinski definition) is 5. The second-order valence-electron chi connectivity index (χ2n) is 7.85. The highest BCUT2D eigenvalue weighted by molar-refractivity contribution is 7.44. The first-order chi connectivity index (χ1) is 12.1. The minimum absolute atomic E-state index is 0.0695. The zero-order chi connectivity index (χ0) is 19.7. The molecule has 2 aliphatic rings. The molecule has 5 atom stereocenters. The normalized spacial score (nSPS) is 35.4. The van der Waals surface area contributed by atoms with Crippen molar-refractivity contribution in [1.29, 1.82) is 0 Å². The summed E-state index contributed by atoms with van der Waals surface area (Å²) < 4.78 is 35.3. The highest BCUT2D eigenvalue weighted by atomic mass is 31.2. The molecule has 6 nitrogen and oxygen atoms in total. The molecule has 0 saturated carbocycles. The maximum absolute atomic E-state index is 8.17. The molecule has 7 heteroatoms. The van der Waals surface area contributed by atoms with Crippen LogP contribution >= 0.6 is 8.53 Å². The summed E-state index contributed by atoms with van der Waals surface area (Å²) in [6.07, 6.45) is -0.694. The fourth-order valence-electron chi connectivity index (χ4n) is 3.59. The molecule has 0 amide bonds. The van der Waals surface area contributed by atoms with Crippen LogP contribution in [0.4, 0.5) is 0 Å². The first kappa shape index (κ1) is 19.5. The van der Waals surface area contributed by atoms with Crippen LogP contribution in [0.3, 0.4) is 0 Å². The van der Waals surface area contributed by atoms with Gasteiger partial charge in [0.05, 0.1) is 11.7 Å². The summed E-state index contributed by atoms with van der Waals surface area (Å²) in [5.41, 5.74) is -1.39. The number of fused-ring (bicyclic) bond motifs is 2. The summed E-state index contributed by atoms with van der Waals surface area (Å²) >= 11 is 0. The average Bonchev–Trinajstić information content (AvgIpc) is 2.91. The monoisotopic (exact) mass is 373 g/mol. The Kier molecular flexibility index (Phi) is 6.05. The molecule has 2 bridgehead atoms. The van der Waals surface area contributed by atoms with E-state index in [0.717, 1.165) is 0 Å². The Bertz CT molecular complexity index is 520.